The van der Waals surface area contributed by atoms with Gasteiger partial charge in [-0.2, -0.15) is 8.42 Å². The first-order valence-electron chi connectivity index (χ1n) is 9.95. The summed E-state index contributed by atoms with van der Waals surface area (Å²) in [6.07, 6.45) is 1.25. The fourth-order valence-corrected chi connectivity index (χ4v) is 5.46. The zero-order valence-electron chi connectivity index (χ0n) is 18.1. The number of carbonyl (C=O) groups is 1. The third kappa shape index (κ3) is 5.25. The minimum absolute atomic E-state index is 0.0910. The molecule has 0 unspecified atom stereocenters. The second kappa shape index (κ2) is 9.80. The van der Waals surface area contributed by atoms with Gasteiger partial charge in [0.2, 0.25) is 0 Å². The molecule has 31 heavy (non-hydrogen) atoms. The van der Waals surface area contributed by atoms with E-state index in [9.17, 15) is 13.2 Å². The van der Waals surface area contributed by atoms with Gasteiger partial charge in [0.15, 0.2) is 0 Å². The molecule has 2 aromatic rings. The van der Waals surface area contributed by atoms with Crippen molar-refractivity contribution in [2.45, 2.75) is 18.7 Å². The van der Waals surface area contributed by atoms with Gasteiger partial charge in [0.25, 0.3) is 10.0 Å². The molecule has 1 aromatic carbocycles. The van der Waals surface area contributed by atoms with E-state index in [-0.39, 0.29) is 17.5 Å². The first-order chi connectivity index (χ1) is 14.7. The van der Waals surface area contributed by atoms with Crippen LogP contribution in [0.5, 0.6) is 0 Å². The lowest BCUT2D eigenvalue weighted by atomic mass is 10.0. The zero-order valence-corrected chi connectivity index (χ0v) is 19.8. The lowest BCUT2D eigenvalue weighted by Crippen LogP contribution is -2.36. The van der Waals surface area contributed by atoms with Crippen LogP contribution in [0.15, 0.2) is 33.6 Å². The van der Waals surface area contributed by atoms with Gasteiger partial charge in [0.1, 0.15) is 11.2 Å². The van der Waals surface area contributed by atoms with Crippen molar-refractivity contribution in [1.82, 2.24) is 4.90 Å². The van der Waals surface area contributed by atoms with Crippen LogP contribution in [0.3, 0.4) is 0 Å². The van der Waals surface area contributed by atoms with Gasteiger partial charge in [-0.1, -0.05) is 12.1 Å². The number of nitrogens with zero attached hydrogens (tertiary/aromatic N) is 3. The Morgan fingerprint density at radius 2 is 1.90 bits per heavy atom. The van der Waals surface area contributed by atoms with Crippen LogP contribution >= 0.6 is 11.3 Å². The number of sulfonamides is 1. The maximum absolute atomic E-state index is 12.7. The molecule has 2 heterocycles. The third-order valence-corrected chi connectivity index (χ3v) is 7.31. The number of thiophene rings is 1. The maximum atomic E-state index is 12.7. The monoisotopic (exact) mass is 465 g/mol. The molecule has 0 atom stereocenters. The highest BCUT2D eigenvalue weighted by molar-refractivity contribution is 7.90. The number of anilines is 1. The normalized spacial score (nSPS) is 14.8. The summed E-state index contributed by atoms with van der Waals surface area (Å²) in [5.74, 6) is -0.377. The number of benzene rings is 1. The SMILES string of the molecule is CCOC(=O)c1sc(N2CCOCC2)c(C)c1-c1ccc(S(=O)(=O)/N=C/N(C)C)cc1. The molecule has 0 aliphatic carbocycles. The molecule has 0 amide bonds. The Bertz CT molecular complexity index is 1050. The number of carbonyl (C=O) groups excluding carboxylic acids is 1. The summed E-state index contributed by atoms with van der Waals surface area (Å²) in [6.45, 7) is 6.82. The molecule has 3 rings (SSSR count). The van der Waals surface area contributed by atoms with Crippen LogP contribution in [0.25, 0.3) is 11.1 Å². The third-order valence-electron chi connectivity index (χ3n) is 4.74. The smallest absolute Gasteiger partial charge is 0.349 e. The predicted molar refractivity (Wildman–Crippen MR) is 123 cm³/mol. The summed E-state index contributed by atoms with van der Waals surface area (Å²) in [4.78, 5) is 17.1. The maximum Gasteiger partial charge on any atom is 0.349 e. The zero-order chi connectivity index (χ0) is 22.6. The van der Waals surface area contributed by atoms with E-state index in [1.165, 1.54) is 29.8 Å². The highest BCUT2D eigenvalue weighted by atomic mass is 32.2. The summed E-state index contributed by atoms with van der Waals surface area (Å²) < 4.78 is 39.2. The largest absolute Gasteiger partial charge is 0.462 e. The first-order valence-corrected chi connectivity index (χ1v) is 12.2. The Hall–Kier alpha value is -2.43. The van der Waals surface area contributed by atoms with E-state index in [1.807, 2.05) is 6.92 Å². The average molecular weight is 466 g/mol. The fraction of sp³-hybridized carbons (Fsp3) is 0.429. The highest BCUT2D eigenvalue weighted by Gasteiger charge is 2.26. The van der Waals surface area contributed by atoms with Crippen LogP contribution in [0.1, 0.15) is 22.2 Å². The van der Waals surface area contributed by atoms with E-state index in [2.05, 4.69) is 9.30 Å². The molecule has 0 saturated carbocycles. The summed E-state index contributed by atoms with van der Waals surface area (Å²) in [6, 6.07) is 6.44. The summed E-state index contributed by atoms with van der Waals surface area (Å²) in [5, 5.41) is 1.01. The quantitative estimate of drug-likeness (QED) is 0.353. The van der Waals surface area contributed by atoms with Gasteiger partial charge in [-0.05, 0) is 37.1 Å². The fourth-order valence-electron chi connectivity index (χ4n) is 3.27. The van der Waals surface area contributed by atoms with E-state index in [4.69, 9.17) is 9.47 Å². The van der Waals surface area contributed by atoms with Crippen molar-refractivity contribution in [2.75, 3.05) is 51.9 Å². The van der Waals surface area contributed by atoms with Gasteiger partial charge in [-0.3, -0.25) is 0 Å². The number of hydrogen-bond acceptors (Lipinski definition) is 7. The first kappa shape index (κ1) is 23.2. The Morgan fingerprint density at radius 1 is 1.26 bits per heavy atom. The van der Waals surface area contributed by atoms with E-state index < -0.39 is 10.0 Å². The van der Waals surface area contributed by atoms with Gasteiger partial charge < -0.3 is 19.3 Å². The van der Waals surface area contributed by atoms with Gasteiger partial charge in [0.05, 0.1) is 29.7 Å². The molecule has 0 N–H and O–H groups in total. The molecular weight excluding hydrogens is 438 g/mol. The van der Waals surface area contributed by atoms with Crippen molar-refractivity contribution >= 4 is 38.7 Å². The molecule has 1 aliphatic rings. The Balaban J connectivity index is 2.02. The molecule has 1 aromatic heterocycles. The van der Waals surface area contributed by atoms with Gasteiger partial charge in [0, 0.05) is 32.7 Å². The van der Waals surface area contributed by atoms with E-state index in [1.54, 1.807) is 38.1 Å². The van der Waals surface area contributed by atoms with Crippen LogP contribution in [-0.4, -0.2) is 72.6 Å². The van der Waals surface area contributed by atoms with Crippen LogP contribution in [-0.2, 0) is 19.5 Å². The predicted octanol–water partition coefficient (Wildman–Crippen LogP) is 3.02. The second-order valence-corrected chi connectivity index (χ2v) is 9.87. The van der Waals surface area contributed by atoms with Crippen LogP contribution in [0, 0.1) is 6.92 Å². The van der Waals surface area contributed by atoms with Crippen molar-refractivity contribution in [3.63, 3.8) is 0 Å². The molecule has 8 nitrogen and oxygen atoms in total. The van der Waals surface area contributed by atoms with Gasteiger partial charge in [-0.25, -0.2) is 4.79 Å². The molecule has 10 heteroatoms. The Morgan fingerprint density at radius 3 is 2.48 bits per heavy atom. The summed E-state index contributed by atoms with van der Waals surface area (Å²) >= 11 is 1.41. The molecule has 1 aliphatic heterocycles. The van der Waals surface area contributed by atoms with Crippen molar-refractivity contribution in [3.8, 4) is 11.1 Å². The van der Waals surface area contributed by atoms with E-state index >= 15 is 0 Å². The molecule has 1 fully saturated rings. The standard InChI is InChI=1S/C21H27N3O5S2/c1-5-29-21(25)19-18(15(2)20(30-19)24-10-12-28-13-11-24)16-6-8-17(9-7-16)31(26,27)22-14-23(3)4/h6-9,14H,5,10-13H2,1-4H3/b22-14+. The van der Waals surface area contributed by atoms with Crippen LogP contribution in [0.4, 0.5) is 5.00 Å². The van der Waals surface area contributed by atoms with E-state index in [0.29, 0.717) is 18.1 Å². The topological polar surface area (TPSA) is 88.5 Å². The second-order valence-electron chi connectivity index (χ2n) is 7.24. The highest BCUT2D eigenvalue weighted by Crippen LogP contribution is 2.42. The lowest BCUT2D eigenvalue weighted by molar-refractivity contribution is 0.0533. The minimum Gasteiger partial charge on any atom is -0.462 e. The van der Waals surface area contributed by atoms with Crippen molar-refractivity contribution in [1.29, 1.82) is 0 Å². The number of rotatable bonds is 7. The Kier molecular flexibility index (Phi) is 7.34. The molecule has 1 saturated heterocycles. The van der Waals surface area contributed by atoms with Gasteiger partial charge in [-0.15, -0.1) is 15.7 Å². The molecule has 168 valence electrons. The van der Waals surface area contributed by atoms with Crippen LogP contribution in [0.2, 0.25) is 0 Å². The Labute approximate surface area is 187 Å². The van der Waals surface area contributed by atoms with Crippen molar-refractivity contribution in [2.24, 2.45) is 4.40 Å². The van der Waals surface area contributed by atoms with E-state index in [0.717, 1.165) is 34.8 Å². The molecule has 0 spiro atoms. The molecular formula is C21H27N3O5S2. The summed E-state index contributed by atoms with van der Waals surface area (Å²) in [7, 11) is -0.397. The molecule has 0 bridgehead atoms. The molecule has 0 radical (unpaired) electrons. The van der Waals surface area contributed by atoms with Crippen LogP contribution < -0.4 is 4.90 Å². The number of morpholine rings is 1. The number of esters is 1. The minimum atomic E-state index is -3.79. The summed E-state index contributed by atoms with van der Waals surface area (Å²) in [5.41, 5.74) is 2.49. The number of ether oxygens (including phenoxy) is 2. The van der Waals surface area contributed by atoms with Crippen molar-refractivity contribution < 1.29 is 22.7 Å². The average Bonchev–Trinajstić information content (AvgIpc) is 3.10. The van der Waals surface area contributed by atoms with Crippen molar-refractivity contribution in [3.05, 3.63) is 34.7 Å². The number of hydrogen-bond donors (Lipinski definition) is 0. The lowest BCUT2D eigenvalue weighted by Gasteiger charge is -2.28. The van der Waals surface area contributed by atoms with Gasteiger partial charge >= 0.3 is 5.97 Å².